The van der Waals surface area contributed by atoms with Gasteiger partial charge in [-0.05, 0) is 68.3 Å². The fraction of sp³-hybridized carbons (Fsp3) is 0.148. The number of hydrogen-bond donors (Lipinski definition) is 4. The van der Waals surface area contributed by atoms with Gasteiger partial charge in [-0.25, -0.2) is 5.48 Å². The minimum absolute atomic E-state index is 0.131. The van der Waals surface area contributed by atoms with Gasteiger partial charge in [-0.3, -0.25) is 14.8 Å². The van der Waals surface area contributed by atoms with Gasteiger partial charge in [0.15, 0.2) is 5.43 Å². The van der Waals surface area contributed by atoms with Gasteiger partial charge in [-0.15, -0.1) is 0 Å². The van der Waals surface area contributed by atoms with E-state index in [1.165, 1.54) is 0 Å². The molecule has 0 aliphatic heterocycles. The highest BCUT2D eigenvalue weighted by Crippen LogP contribution is 2.32. The first-order chi connectivity index (χ1) is 16.2. The lowest BCUT2D eigenvalue weighted by molar-refractivity contribution is 0.0707. The summed E-state index contributed by atoms with van der Waals surface area (Å²) in [6, 6.07) is 10.2. The normalized spacial score (nSPS) is 14.2. The lowest BCUT2D eigenvalue weighted by Gasteiger charge is -2.20. The Labute approximate surface area is 196 Å². The van der Waals surface area contributed by atoms with Crippen molar-refractivity contribution in [2.24, 2.45) is 0 Å². The van der Waals surface area contributed by atoms with Crippen molar-refractivity contribution in [3.63, 3.8) is 0 Å². The third kappa shape index (κ3) is 4.09. The molecule has 7 heteroatoms. The number of rotatable bonds is 5. The SMILES string of the molecule is C=C1C=C(c2oc3c(C(C)Nc4ccccc4C(=O)NO)cc(C)cc3c(=O)c2C)C=CC1=N. The summed E-state index contributed by atoms with van der Waals surface area (Å²) < 4.78 is 6.35. The number of nitrogens with one attached hydrogen (secondary N) is 3. The molecule has 1 aromatic heterocycles. The molecule has 0 spiro atoms. The Kier molecular flexibility index (Phi) is 6.04. The molecule has 1 atom stereocenters. The van der Waals surface area contributed by atoms with Crippen LogP contribution < -0.4 is 16.2 Å². The number of allylic oxidation sites excluding steroid dienone is 5. The van der Waals surface area contributed by atoms with E-state index < -0.39 is 5.91 Å². The molecule has 0 bridgehead atoms. The molecule has 34 heavy (non-hydrogen) atoms. The summed E-state index contributed by atoms with van der Waals surface area (Å²) in [4.78, 5) is 25.4. The average Bonchev–Trinajstić information content (AvgIpc) is 2.82. The summed E-state index contributed by atoms with van der Waals surface area (Å²) in [7, 11) is 0. The molecule has 1 aliphatic rings. The van der Waals surface area contributed by atoms with Crippen molar-refractivity contribution in [3.05, 3.63) is 105 Å². The first-order valence-electron chi connectivity index (χ1n) is 10.8. The van der Waals surface area contributed by atoms with Gasteiger partial charge in [0.25, 0.3) is 5.91 Å². The molecule has 4 rings (SSSR count). The fourth-order valence-corrected chi connectivity index (χ4v) is 4.08. The van der Waals surface area contributed by atoms with Gasteiger partial charge in [0.1, 0.15) is 11.3 Å². The summed E-state index contributed by atoms with van der Waals surface area (Å²) in [6.07, 6.45) is 5.11. The van der Waals surface area contributed by atoms with E-state index in [1.807, 2.05) is 19.9 Å². The van der Waals surface area contributed by atoms with Crippen LogP contribution in [0.2, 0.25) is 0 Å². The van der Waals surface area contributed by atoms with Crippen LogP contribution in [0.3, 0.4) is 0 Å². The maximum atomic E-state index is 13.3. The Bertz CT molecular complexity index is 1480. The Morgan fingerprint density at radius 2 is 1.91 bits per heavy atom. The van der Waals surface area contributed by atoms with Crippen molar-refractivity contribution in [1.82, 2.24) is 5.48 Å². The van der Waals surface area contributed by atoms with Crippen LogP contribution in [0.5, 0.6) is 0 Å². The minimum atomic E-state index is -0.629. The standard InChI is InChI=1S/C27H25N3O4/c1-14-11-20(17(4)29-23-8-6-5-7-19(23)27(32)30-33)26-21(12-14)24(31)16(3)25(34-26)18-9-10-22(28)15(2)13-18/h5-13,17,28-29,33H,2H2,1,3-4H3,(H,30,32). The highest BCUT2D eigenvalue weighted by Gasteiger charge is 2.21. The molecule has 0 radical (unpaired) electrons. The molecule has 3 aromatic rings. The van der Waals surface area contributed by atoms with E-state index in [4.69, 9.17) is 15.0 Å². The molecule has 1 aliphatic carbocycles. The van der Waals surface area contributed by atoms with E-state index in [1.54, 1.807) is 61.0 Å². The summed E-state index contributed by atoms with van der Waals surface area (Å²) in [5.74, 6) is -0.199. The van der Waals surface area contributed by atoms with Gasteiger partial charge < -0.3 is 15.1 Å². The molecule has 1 heterocycles. The second-order valence-corrected chi connectivity index (χ2v) is 8.34. The van der Waals surface area contributed by atoms with Crippen molar-refractivity contribution in [2.75, 3.05) is 5.32 Å². The lowest BCUT2D eigenvalue weighted by atomic mass is 9.95. The van der Waals surface area contributed by atoms with Gasteiger partial charge in [0.2, 0.25) is 0 Å². The van der Waals surface area contributed by atoms with Crippen LogP contribution in [0, 0.1) is 19.3 Å². The summed E-state index contributed by atoms with van der Waals surface area (Å²) >= 11 is 0. The first kappa shape index (κ1) is 22.9. The van der Waals surface area contributed by atoms with Crippen molar-refractivity contribution in [2.45, 2.75) is 26.8 Å². The van der Waals surface area contributed by atoms with Gasteiger partial charge in [-0.1, -0.05) is 24.8 Å². The Hall–Kier alpha value is -4.23. The Morgan fingerprint density at radius 3 is 2.62 bits per heavy atom. The number of anilines is 1. The number of hydrogen-bond acceptors (Lipinski definition) is 6. The van der Waals surface area contributed by atoms with E-state index >= 15 is 0 Å². The molecular formula is C27H25N3O4. The second-order valence-electron chi connectivity index (χ2n) is 8.34. The molecule has 0 fully saturated rings. The van der Waals surface area contributed by atoms with Crippen molar-refractivity contribution < 1.29 is 14.4 Å². The molecule has 0 saturated heterocycles. The third-order valence-corrected chi connectivity index (χ3v) is 5.87. The maximum Gasteiger partial charge on any atom is 0.276 e. The van der Waals surface area contributed by atoms with Crippen LogP contribution in [0.25, 0.3) is 16.5 Å². The van der Waals surface area contributed by atoms with Crippen molar-refractivity contribution in [3.8, 4) is 0 Å². The maximum absolute atomic E-state index is 13.3. The highest BCUT2D eigenvalue weighted by molar-refractivity contribution is 6.12. The zero-order chi connectivity index (χ0) is 24.6. The molecule has 172 valence electrons. The average molecular weight is 456 g/mol. The van der Waals surface area contributed by atoms with Crippen LogP contribution in [0.1, 0.15) is 45.8 Å². The van der Waals surface area contributed by atoms with Gasteiger partial charge in [0.05, 0.1) is 22.7 Å². The highest BCUT2D eigenvalue weighted by atomic mass is 16.5. The van der Waals surface area contributed by atoms with Crippen LogP contribution in [0.15, 0.2) is 76.0 Å². The number of amides is 1. The van der Waals surface area contributed by atoms with Gasteiger partial charge in [-0.2, -0.15) is 0 Å². The van der Waals surface area contributed by atoms with Crippen LogP contribution >= 0.6 is 0 Å². The van der Waals surface area contributed by atoms with Crippen molar-refractivity contribution in [1.29, 1.82) is 5.41 Å². The van der Waals surface area contributed by atoms with E-state index in [0.29, 0.717) is 44.8 Å². The molecule has 7 nitrogen and oxygen atoms in total. The topological polar surface area (TPSA) is 115 Å². The Morgan fingerprint density at radius 1 is 1.18 bits per heavy atom. The fourth-order valence-electron chi connectivity index (χ4n) is 4.08. The molecule has 1 amide bonds. The predicted molar refractivity (Wildman–Crippen MR) is 134 cm³/mol. The number of para-hydroxylation sites is 1. The molecule has 1 unspecified atom stereocenters. The molecule has 0 saturated carbocycles. The number of hydroxylamine groups is 1. The molecular weight excluding hydrogens is 430 g/mol. The number of carbonyl (C=O) groups is 1. The number of aryl methyl sites for hydroxylation is 1. The quantitative estimate of drug-likeness (QED) is 0.311. The van der Waals surface area contributed by atoms with Crippen LogP contribution in [-0.2, 0) is 0 Å². The van der Waals surface area contributed by atoms with Gasteiger partial charge >= 0.3 is 0 Å². The Balaban J connectivity index is 1.87. The largest absolute Gasteiger partial charge is 0.455 e. The monoisotopic (exact) mass is 455 g/mol. The third-order valence-electron chi connectivity index (χ3n) is 5.87. The van der Waals surface area contributed by atoms with E-state index in [0.717, 1.165) is 11.1 Å². The molecule has 4 N–H and O–H groups in total. The molecule has 2 aromatic carbocycles. The van der Waals surface area contributed by atoms with Crippen LogP contribution in [0.4, 0.5) is 5.69 Å². The summed E-state index contributed by atoms with van der Waals surface area (Å²) in [5, 5.41) is 20.7. The lowest BCUT2D eigenvalue weighted by Crippen LogP contribution is -2.21. The first-order valence-corrected chi connectivity index (χ1v) is 10.8. The van der Waals surface area contributed by atoms with E-state index in [-0.39, 0.29) is 17.0 Å². The summed E-state index contributed by atoms with van der Waals surface area (Å²) in [5.41, 5.74) is 6.44. The summed E-state index contributed by atoms with van der Waals surface area (Å²) in [6.45, 7) is 9.43. The second kappa shape index (κ2) is 8.96. The van der Waals surface area contributed by atoms with Crippen LogP contribution in [-0.4, -0.2) is 16.8 Å². The number of benzene rings is 2. The zero-order valence-electron chi connectivity index (χ0n) is 19.2. The smallest absolute Gasteiger partial charge is 0.276 e. The zero-order valence-corrected chi connectivity index (χ0v) is 19.2. The van der Waals surface area contributed by atoms with E-state index in [9.17, 15) is 9.59 Å². The minimum Gasteiger partial charge on any atom is -0.455 e. The van der Waals surface area contributed by atoms with Gasteiger partial charge in [0, 0.05) is 22.4 Å². The number of carbonyl (C=O) groups excluding carboxylic acids is 1. The van der Waals surface area contributed by atoms with E-state index in [2.05, 4.69) is 11.9 Å². The van der Waals surface area contributed by atoms with Crippen molar-refractivity contribution >= 4 is 33.8 Å². The number of fused-ring (bicyclic) bond motifs is 1. The predicted octanol–water partition coefficient (Wildman–Crippen LogP) is 5.23.